The summed E-state index contributed by atoms with van der Waals surface area (Å²) >= 11 is 2.62. The number of rotatable bonds is 28. The average molecular weight is 1690 g/mol. The second kappa shape index (κ2) is 41.6. The number of oxazole rings is 2. The molecule has 33 heteroatoms. The van der Waals surface area contributed by atoms with Crippen LogP contribution in [-0.4, -0.2) is 149 Å². The number of fused-ring (bicyclic) bond motifs is 4. The Morgan fingerprint density at radius 3 is 1.79 bits per heavy atom. The fourth-order valence-corrected chi connectivity index (χ4v) is 14.5. The number of phenolic OH excluding ortho intramolecular Hbond substituents is 4. The number of tetrazole rings is 1. The van der Waals surface area contributed by atoms with Crippen molar-refractivity contribution in [3.63, 3.8) is 0 Å². The Hall–Kier alpha value is -15.0. The second-order valence-electron chi connectivity index (χ2n) is 27.6. The van der Waals surface area contributed by atoms with Crippen molar-refractivity contribution in [2.45, 2.75) is 112 Å². The molecule has 31 nitrogen and oxygen atoms in total. The molecular weight excluding hydrogens is 1610 g/mol. The van der Waals surface area contributed by atoms with E-state index >= 15 is 0 Å². The van der Waals surface area contributed by atoms with E-state index in [0.717, 1.165) is 57.3 Å². The van der Waals surface area contributed by atoms with Crippen LogP contribution in [0.15, 0.2) is 271 Å². The van der Waals surface area contributed by atoms with Crippen LogP contribution in [0.1, 0.15) is 90.7 Å². The number of carboxylic acids is 1. The predicted molar refractivity (Wildman–Crippen MR) is 463 cm³/mol. The quantitative estimate of drug-likeness (QED) is 0.0151. The lowest BCUT2D eigenvalue weighted by Gasteiger charge is -2.32. The van der Waals surface area contributed by atoms with Gasteiger partial charge in [0.2, 0.25) is 11.7 Å². The SMILES string of the molecule is C=CCc1c(-c2cc(=O)c3c(O)c(CC=C)c(O)c(CC=C)c3o2)ccc(OC)c1O.CCCCC(=O)N(Cc1ccc(-c2ccccc2-c2nn[nH]n2)cc1)[C@H](C(=O)O)C(C)C.COc1cc(C(C)=O)ccc1O.c1ccc(Cn2nnc3c(Sc4nc5ccccc5o4)ncnc32)cc1.c1ccc(Cn2nnc3c(Sc4ncco4)ncnc32)cc1. The van der Waals surface area contributed by atoms with Gasteiger partial charge in [-0.05, 0) is 138 Å². The van der Waals surface area contributed by atoms with E-state index in [9.17, 15) is 44.7 Å². The molecule has 8 aromatic carbocycles. The van der Waals surface area contributed by atoms with Crippen LogP contribution < -0.4 is 14.9 Å². The zero-order valence-corrected chi connectivity index (χ0v) is 69.4. The maximum Gasteiger partial charge on any atom is 0.326 e. The van der Waals surface area contributed by atoms with Crippen LogP contribution in [0.4, 0.5) is 0 Å². The van der Waals surface area contributed by atoms with Crippen LogP contribution in [0.2, 0.25) is 0 Å². The molecule has 0 fully saturated rings. The topological polar surface area (TPSA) is 424 Å². The number of hydrogen-bond donors (Lipinski definition) is 6. The molecule has 0 radical (unpaired) electrons. The molecule has 1 atom stereocenters. The van der Waals surface area contributed by atoms with Crippen molar-refractivity contribution in [1.82, 2.24) is 85.4 Å². The molecule has 8 heterocycles. The second-order valence-corrected chi connectivity index (χ2v) is 29.5. The largest absolute Gasteiger partial charge is 0.507 e. The van der Waals surface area contributed by atoms with Gasteiger partial charge in [-0.15, -0.1) is 40.1 Å². The van der Waals surface area contributed by atoms with E-state index in [0.29, 0.717) is 103 Å². The van der Waals surface area contributed by atoms with Crippen LogP contribution in [-0.2, 0) is 48.5 Å². The highest BCUT2D eigenvalue weighted by Crippen LogP contribution is 2.44. The highest BCUT2D eigenvalue weighted by molar-refractivity contribution is 7.99. The van der Waals surface area contributed by atoms with Gasteiger partial charge in [-0.1, -0.05) is 177 Å². The number of aromatic hydroxyl groups is 4. The number of hydrogen-bond acceptors (Lipinski definition) is 28. The third-order valence-electron chi connectivity index (χ3n) is 19.0. The number of allylic oxidation sites excluding steroid dienone is 3. The number of carbonyl (C=O) groups is 3. The number of benzene rings is 8. The van der Waals surface area contributed by atoms with Crippen molar-refractivity contribution in [1.29, 1.82) is 0 Å². The Kier molecular flexibility index (Phi) is 29.5. The van der Waals surface area contributed by atoms with Crippen molar-refractivity contribution >= 4 is 85.6 Å². The molecule has 626 valence electrons. The van der Waals surface area contributed by atoms with Crippen molar-refractivity contribution in [2.24, 2.45) is 5.92 Å². The molecule has 0 saturated carbocycles. The van der Waals surface area contributed by atoms with Gasteiger partial charge in [0, 0.05) is 52.4 Å². The van der Waals surface area contributed by atoms with Gasteiger partial charge in [0.05, 0.1) is 33.5 Å². The lowest BCUT2D eigenvalue weighted by atomic mass is 9.96. The number of ketones is 1. The molecule has 0 saturated heterocycles. The molecule has 0 aliphatic heterocycles. The van der Waals surface area contributed by atoms with E-state index in [-0.39, 0.29) is 88.0 Å². The van der Waals surface area contributed by atoms with E-state index in [1.807, 2.05) is 154 Å². The summed E-state index contributed by atoms with van der Waals surface area (Å²) in [5.74, 6) is -0.612. The number of Topliss-reactive ketones (excluding diaryl/α,β-unsaturated/α-hetero) is 1. The summed E-state index contributed by atoms with van der Waals surface area (Å²) in [5, 5.41) is 84.4. The summed E-state index contributed by atoms with van der Waals surface area (Å²) in [7, 11) is 2.88. The summed E-state index contributed by atoms with van der Waals surface area (Å²) in [6.45, 7) is 19.7. The fraction of sp³-hybridized carbons (Fsp3) is 0.189. The molecule has 0 spiro atoms. The number of H-pyrrole nitrogens is 1. The molecule has 0 aliphatic rings. The van der Waals surface area contributed by atoms with Gasteiger partial charge in [-0.2, -0.15) is 5.21 Å². The summed E-state index contributed by atoms with van der Waals surface area (Å²) < 4.78 is 30.6. The number of nitrogens with one attached hydrogen (secondary N) is 1. The van der Waals surface area contributed by atoms with Crippen molar-refractivity contribution in [3.8, 4) is 68.3 Å². The average Bonchev–Trinajstić information content (AvgIpc) is 1.10. The predicted octanol–water partition coefficient (Wildman–Crippen LogP) is 16.5. The standard InChI is InChI=1S/C25H24O6.C24H29N5O3.C18H12N6OS.C14H10N6OS.C9H10O3/c1-5-8-15-14(11-12-19(30-4)23(15)28)20-13-18(26)21-24(29)16(9-6-2)22(27)17(10-7-3)25(21)31-20;1-4-5-10-21(30)29(22(16(2)3)24(31)32)15-17-11-13-18(14-12-17)19-8-6-7-9-20(19)23-25-27-28-26-23;1-2-6-12(7-3-1)10-24-16-15(22-23-24)17(20-11-19-16)26-18-21-13-8-4-5-9-14(13)25-18;1-2-4-10(5-3-1)8-20-12-11(18-19-20)13(17-9-16-12)22-14-15-6-7-21-14;1-6(10)7-3-4-8(11)9(5-7)12-2/h5-7,11-13,27-29H,1-3,8-10H2,4H3;6-9,11-14,16,22H,4-5,10,15H2,1-3H3,(H,31,32)(H,25,26,27,28);1-9,11H,10H2;1-7,9H,8H2;3-5,11H,1-2H3/t;22-;;;/m.0.../s1. The number of amides is 1. The van der Waals surface area contributed by atoms with Crippen LogP contribution in [0.5, 0.6) is 34.5 Å². The zero-order valence-electron chi connectivity index (χ0n) is 67.7. The van der Waals surface area contributed by atoms with E-state index in [4.69, 9.17) is 22.7 Å². The first-order valence-corrected chi connectivity index (χ1v) is 40.2. The van der Waals surface area contributed by atoms with Crippen LogP contribution in [0.3, 0.4) is 0 Å². The maximum absolute atomic E-state index is 13.0. The molecule has 8 aromatic heterocycles. The van der Waals surface area contributed by atoms with Crippen molar-refractivity contribution < 1.29 is 62.6 Å². The minimum Gasteiger partial charge on any atom is -0.507 e. The fourth-order valence-electron chi connectivity index (χ4n) is 13.1. The number of para-hydroxylation sites is 2. The number of phenols is 4. The molecule has 0 unspecified atom stereocenters. The Morgan fingerprint density at radius 1 is 0.618 bits per heavy atom. The molecule has 0 aliphatic carbocycles. The minimum absolute atomic E-state index is 0.0294. The minimum atomic E-state index is -0.976. The molecule has 16 aromatic rings. The molecule has 16 rings (SSSR count). The third-order valence-corrected chi connectivity index (χ3v) is 20.7. The summed E-state index contributed by atoms with van der Waals surface area (Å²) in [4.78, 5) is 76.0. The number of aromatic nitrogens is 16. The number of aliphatic carboxylic acids is 1. The molecule has 1 amide bonds. The van der Waals surface area contributed by atoms with Gasteiger partial charge in [-0.3, -0.25) is 14.4 Å². The normalized spacial score (nSPS) is 11.1. The lowest BCUT2D eigenvalue weighted by Crippen LogP contribution is -2.47. The number of carbonyl (C=O) groups excluding carboxylic acids is 2. The van der Waals surface area contributed by atoms with Gasteiger partial charge in [0.1, 0.15) is 68.8 Å². The van der Waals surface area contributed by atoms with Gasteiger partial charge >= 0.3 is 5.97 Å². The first-order chi connectivity index (χ1) is 59.7. The summed E-state index contributed by atoms with van der Waals surface area (Å²) in [5.41, 5.74) is 11.7. The lowest BCUT2D eigenvalue weighted by molar-refractivity contribution is -0.153. The highest BCUT2D eigenvalue weighted by atomic mass is 32.2. The van der Waals surface area contributed by atoms with Crippen molar-refractivity contribution in [3.05, 3.63) is 282 Å². The first-order valence-electron chi connectivity index (χ1n) is 38.6. The zero-order chi connectivity index (χ0) is 87.1. The number of methoxy groups -OCH3 is 2. The van der Waals surface area contributed by atoms with Gasteiger partial charge in [0.25, 0.3) is 10.4 Å². The Bertz CT molecular complexity index is 6390. The Balaban J connectivity index is 0.000000144. The third kappa shape index (κ3) is 21.2. The number of nitrogens with zero attached hydrogens (tertiary/aromatic N) is 16. The smallest absolute Gasteiger partial charge is 0.326 e. The first kappa shape index (κ1) is 87.3. The van der Waals surface area contributed by atoms with E-state index in [2.05, 4.69) is 90.9 Å². The number of carboxylic acid groups (broad SMARTS) is 1. The molecular formula is C90H85N17O14S2. The van der Waals surface area contributed by atoms with Gasteiger partial charge in [0.15, 0.2) is 62.1 Å². The van der Waals surface area contributed by atoms with Crippen LogP contribution in [0.25, 0.3) is 78.2 Å². The molecule has 123 heavy (non-hydrogen) atoms. The Morgan fingerprint density at radius 2 is 1.22 bits per heavy atom. The monoisotopic (exact) mass is 1690 g/mol. The molecule has 0 bridgehead atoms. The van der Waals surface area contributed by atoms with Crippen LogP contribution in [0, 0.1) is 5.92 Å². The number of aromatic amines is 1. The van der Waals surface area contributed by atoms with E-state index < -0.39 is 17.4 Å². The van der Waals surface area contributed by atoms with Gasteiger partial charge in [-0.25, -0.2) is 44.1 Å². The maximum atomic E-state index is 13.0. The number of unbranched alkanes of at least 4 members (excludes halogenated alkanes) is 1. The molecule has 6 N–H and O–H groups in total. The highest BCUT2D eigenvalue weighted by Gasteiger charge is 2.33. The summed E-state index contributed by atoms with van der Waals surface area (Å²) in [6, 6.07) is 51.5. The summed E-state index contributed by atoms with van der Waals surface area (Å²) in [6.07, 6.45) is 13.5. The van der Waals surface area contributed by atoms with Gasteiger partial charge < -0.3 is 53.2 Å². The Labute approximate surface area is 712 Å². The van der Waals surface area contributed by atoms with E-state index in [1.165, 1.54) is 92.8 Å². The number of ether oxygens (including phenoxy) is 2. The van der Waals surface area contributed by atoms with E-state index in [1.54, 1.807) is 45.9 Å². The van der Waals surface area contributed by atoms with Crippen LogP contribution >= 0.6 is 23.5 Å². The van der Waals surface area contributed by atoms with Crippen molar-refractivity contribution in [2.75, 3.05) is 14.2 Å².